The molecular formula is C19H17NO4S. The standard InChI is InChI=1S/C19H17NO4S/c1-12-17-4-3-5-18(19(17)24-25(21,22)20-12)15-7-6-14-11-16(23-2)9-8-13(14)10-15/h3-12,20H,1-2H3. The van der Waals surface area contributed by atoms with Crippen LogP contribution < -0.4 is 13.6 Å². The molecule has 1 unspecified atom stereocenters. The predicted molar refractivity (Wildman–Crippen MR) is 97.0 cm³/mol. The van der Waals surface area contributed by atoms with Gasteiger partial charge in [-0.1, -0.05) is 36.4 Å². The van der Waals surface area contributed by atoms with Crippen LogP contribution in [0.1, 0.15) is 18.5 Å². The molecule has 0 radical (unpaired) electrons. The van der Waals surface area contributed by atoms with Crippen molar-refractivity contribution in [3.63, 3.8) is 0 Å². The molecule has 3 aromatic carbocycles. The molecule has 1 heterocycles. The molecule has 0 spiro atoms. The van der Waals surface area contributed by atoms with Crippen LogP contribution in [0.5, 0.6) is 11.5 Å². The quantitative estimate of drug-likeness (QED) is 0.759. The molecule has 1 aliphatic heterocycles. The van der Waals surface area contributed by atoms with Gasteiger partial charge in [0.1, 0.15) is 5.75 Å². The van der Waals surface area contributed by atoms with E-state index in [-0.39, 0.29) is 6.04 Å². The van der Waals surface area contributed by atoms with E-state index in [4.69, 9.17) is 8.92 Å². The van der Waals surface area contributed by atoms with Gasteiger partial charge in [0, 0.05) is 11.1 Å². The minimum Gasteiger partial charge on any atom is -0.497 e. The van der Waals surface area contributed by atoms with E-state index in [1.165, 1.54) is 0 Å². The zero-order valence-corrected chi connectivity index (χ0v) is 14.6. The fraction of sp³-hybridized carbons (Fsp3) is 0.158. The minimum absolute atomic E-state index is 0.335. The van der Waals surface area contributed by atoms with Crippen molar-refractivity contribution in [1.29, 1.82) is 0 Å². The summed E-state index contributed by atoms with van der Waals surface area (Å²) >= 11 is 0. The third kappa shape index (κ3) is 2.83. The average molecular weight is 355 g/mol. The Morgan fingerprint density at radius 3 is 2.60 bits per heavy atom. The number of hydrogen-bond donors (Lipinski definition) is 1. The topological polar surface area (TPSA) is 64.6 Å². The first-order valence-electron chi connectivity index (χ1n) is 7.90. The van der Waals surface area contributed by atoms with Crippen LogP contribution in [0, 0.1) is 0 Å². The molecule has 4 rings (SSSR count). The van der Waals surface area contributed by atoms with Gasteiger partial charge in [-0.25, -0.2) is 0 Å². The van der Waals surface area contributed by atoms with Crippen molar-refractivity contribution in [2.24, 2.45) is 0 Å². The highest BCUT2D eigenvalue weighted by Gasteiger charge is 2.29. The summed E-state index contributed by atoms with van der Waals surface area (Å²) in [6, 6.07) is 17.1. The molecule has 1 atom stereocenters. The van der Waals surface area contributed by atoms with E-state index in [9.17, 15) is 8.42 Å². The van der Waals surface area contributed by atoms with Crippen molar-refractivity contribution in [3.05, 3.63) is 60.2 Å². The lowest BCUT2D eigenvalue weighted by molar-refractivity contribution is 0.415. The molecule has 0 amide bonds. The van der Waals surface area contributed by atoms with Gasteiger partial charge in [0.25, 0.3) is 0 Å². The normalized spacial score (nSPS) is 18.4. The Labute approximate surface area is 146 Å². The lowest BCUT2D eigenvalue weighted by Crippen LogP contribution is -2.35. The Bertz CT molecular complexity index is 1080. The molecule has 128 valence electrons. The van der Waals surface area contributed by atoms with Gasteiger partial charge in [-0.3, -0.25) is 0 Å². The molecule has 6 heteroatoms. The van der Waals surface area contributed by atoms with E-state index in [0.29, 0.717) is 5.75 Å². The summed E-state index contributed by atoms with van der Waals surface area (Å²) < 4.78 is 36.9. The zero-order chi connectivity index (χ0) is 17.6. The molecule has 0 saturated carbocycles. The summed E-state index contributed by atoms with van der Waals surface area (Å²) in [5.41, 5.74) is 2.48. The average Bonchev–Trinajstić information content (AvgIpc) is 2.59. The van der Waals surface area contributed by atoms with Crippen molar-refractivity contribution in [2.45, 2.75) is 13.0 Å². The highest BCUT2D eigenvalue weighted by atomic mass is 32.2. The molecule has 1 aliphatic rings. The minimum atomic E-state index is -3.79. The summed E-state index contributed by atoms with van der Waals surface area (Å²) in [7, 11) is -2.16. The number of fused-ring (bicyclic) bond motifs is 2. The summed E-state index contributed by atoms with van der Waals surface area (Å²) in [5.74, 6) is 1.19. The van der Waals surface area contributed by atoms with E-state index in [1.807, 2.05) is 54.6 Å². The summed E-state index contributed by atoms with van der Waals surface area (Å²) in [6.45, 7) is 1.80. The van der Waals surface area contributed by atoms with Crippen LogP contribution in [0.2, 0.25) is 0 Å². The number of benzene rings is 3. The number of nitrogens with one attached hydrogen (secondary N) is 1. The van der Waals surface area contributed by atoms with Gasteiger partial charge in [0.2, 0.25) is 0 Å². The Kier molecular flexibility index (Phi) is 3.67. The first-order chi connectivity index (χ1) is 12.0. The van der Waals surface area contributed by atoms with Gasteiger partial charge < -0.3 is 8.92 Å². The van der Waals surface area contributed by atoms with Crippen LogP contribution in [0.15, 0.2) is 54.6 Å². The SMILES string of the molecule is COc1ccc2cc(-c3cccc4c3OS(=O)(=O)NC4C)ccc2c1. The molecule has 0 bridgehead atoms. The maximum Gasteiger partial charge on any atom is 0.383 e. The van der Waals surface area contributed by atoms with Crippen molar-refractivity contribution < 1.29 is 17.3 Å². The Balaban J connectivity index is 1.88. The molecule has 3 aromatic rings. The van der Waals surface area contributed by atoms with Crippen LogP contribution in [0.25, 0.3) is 21.9 Å². The lowest BCUT2D eigenvalue weighted by atomic mass is 9.96. The molecule has 1 N–H and O–H groups in total. The van der Waals surface area contributed by atoms with Crippen molar-refractivity contribution in [2.75, 3.05) is 7.11 Å². The second-order valence-corrected chi connectivity index (χ2v) is 7.34. The third-order valence-corrected chi connectivity index (χ3v) is 5.41. The monoisotopic (exact) mass is 355 g/mol. The smallest absolute Gasteiger partial charge is 0.383 e. The zero-order valence-electron chi connectivity index (χ0n) is 13.8. The number of ether oxygens (including phenoxy) is 1. The van der Waals surface area contributed by atoms with Crippen molar-refractivity contribution >= 4 is 21.1 Å². The van der Waals surface area contributed by atoms with Gasteiger partial charge in [-0.15, -0.1) is 0 Å². The highest BCUT2D eigenvalue weighted by Crippen LogP contribution is 2.40. The highest BCUT2D eigenvalue weighted by molar-refractivity contribution is 7.85. The van der Waals surface area contributed by atoms with E-state index >= 15 is 0 Å². The summed E-state index contributed by atoms with van der Waals surface area (Å²) in [6.07, 6.45) is 0. The van der Waals surface area contributed by atoms with Gasteiger partial charge in [0.05, 0.1) is 13.2 Å². The van der Waals surface area contributed by atoms with Crippen LogP contribution in [0.4, 0.5) is 0 Å². The molecule has 0 aliphatic carbocycles. The fourth-order valence-electron chi connectivity index (χ4n) is 3.15. The lowest BCUT2D eigenvalue weighted by Gasteiger charge is -2.25. The fourth-order valence-corrected chi connectivity index (χ4v) is 4.16. The summed E-state index contributed by atoms with van der Waals surface area (Å²) in [5, 5.41) is 2.09. The second kappa shape index (κ2) is 5.75. The molecule has 5 nitrogen and oxygen atoms in total. The van der Waals surface area contributed by atoms with Gasteiger partial charge in [-0.05, 0) is 41.5 Å². The second-order valence-electron chi connectivity index (χ2n) is 6.03. The Morgan fingerprint density at radius 1 is 1.04 bits per heavy atom. The number of methoxy groups -OCH3 is 1. The first-order valence-corrected chi connectivity index (χ1v) is 9.30. The van der Waals surface area contributed by atoms with Crippen molar-refractivity contribution in [1.82, 2.24) is 4.72 Å². The number of rotatable bonds is 2. The molecular weight excluding hydrogens is 338 g/mol. The maximum atomic E-state index is 11.9. The van der Waals surface area contributed by atoms with E-state index < -0.39 is 10.3 Å². The van der Waals surface area contributed by atoms with E-state index in [2.05, 4.69) is 4.72 Å². The van der Waals surface area contributed by atoms with Gasteiger partial charge >= 0.3 is 10.3 Å². The van der Waals surface area contributed by atoms with Crippen LogP contribution in [-0.4, -0.2) is 15.5 Å². The van der Waals surface area contributed by atoms with Crippen LogP contribution in [-0.2, 0) is 10.3 Å². The molecule has 0 saturated heterocycles. The third-order valence-electron chi connectivity index (χ3n) is 4.38. The summed E-state index contributed by atoms with van der Waals surface area (Å²) in [4.78, 5) is 0. The number of hydrogen-bond acceptors (Lipinski definition) is 4. The predicted octanol–water partition coefficient (Wildman–Crippen LogP) is 3.80. The van der Waals surface area contributed by atoms with Gasteiger partial charge in [0.15, 0.2) is 5.75 Å². The Hall–Kier alpha value is -2.57. The molecule has 0 aromatic heterocycles. The first kappa shape index (κ1) is 15.9. The van der Waals surface area contributed by atoms with E-state index in [1.54, 1.807) is 14.0 Å². The largest absolute Gasteiger partial charge is 0.497 e. The van der Waals surface area contributed by atoms with E-state index in [0.717, 1.165) is 33.2 Å². The maximum absolute atomic E-state index is 11.9. The number of para-hydroxylation sites is 1. The van der Waals surface area contributed by atoms with Crippen LogP contribution in [0.3, 0.4) is 0 Å². The van der Waals surface area contributed by atoms with Crippen LogP contribution >= 0.6 is 0 Å². The van der Waals surface area contributed by atoms with Crippen molar-refractivity contribution in [3.8, 4) is 22.6 Å². The molecule has 25 heavy (non-hydrogen) atoms. The molecule has 0 fully saturated rings. The Morgan fingerprint density at radius 2 is 1.80 bits per heavy atom. The van der Waals surface area contributed by atoms with Gasteiger partial charge in [-0.2, -0.15) is 13.1 Å².